The van der Waals surface area contributed by atoms with E-state index >= 15 is 0 Å². The van der Waals surface area contributed by atoms with E-state index in [1.165, 1.54) is 0 Å². The minimum atomic E-state index is -0.400. The predicted octanol–water partition coefficient (Wildman–Crippen LogP) is 6.03. The highest BCUT2D eigenvalue weighted by Crippen LogP contribution is 2.33. The second kappa shape index (κ2) is 16.3. The van der Waals surface area contributed by atoms with Gasteiger partial charge < -0.3 is 29.3 Å². The van der Waals surface area contributed by atoms with Crippen molar-refractivity contribution in [3.8, 4) is 11.9 Å². The van der Waals surface area contributed by atoms with Crippen molar-refractivity contribution < 1.29 is 19.1 Å². The van der Waals surface area contributed by atoms with Crippen LogP contribution < -0.4 is 25.2 Å². The number of amides is 5. The summed E-state index contributed by atoms with van der Waals surface area (Å²) < 4.78 is 8.20. The Labute approximate surface area is 319 Å². The van der Waals surface area contributed by atoms with E-state index in [0.717, 1.165) is 67.6 Å². The lowest BCUT2D eigenvalue weighted by Gasteiger charge is -2.45. The van der Waals surface area contributed by atoms with Crippen LogP contribution in [-0.4, -0.2) is 100 Å². The molecule has 7 rings (SSSR count). The minimum Gasteiger partial charge on any atom is -0.478 e. The maximum atomic E-state index is 13.2. The smallest absolute Gasteiger partial charge is 0.328 e. The first-order valence-electron chi connectivity index (χ1n) is 18.6. The molecule has 14 nitrogen and oxygen atoms in total. The van der Waals surface area contributed by atoms with Crippen LogP contribution in [0, 0.1) is 11.3 Å². The van der Waals surface area contributed by atoms with Crippen molar-refractivity contribution in [2.45, 2.75) is 64.1 Å². The number of fused-ring (bicyclic) bond motifs is 1. The van der Waals surface area contributed by atoms with Crippen LogP contribution in [-0.2, 0) is 4.79 Å². The number of unbranched alkanes of at least 4 members (excludes halogenated alkanes) is 1. The summed E-state index contributed by atoms with van der Waals surface area (Å²) in [4.78, 5) is 54.3. The summed E-state index contributed by atoms with van der Waals surface area (Å²) in [6.45, 7) is 9.18. The number of nitriles is 1. The molecule has 6 heterocycles. The number of imide groups is 1. The van der Waals surface area contributed by atoms with Gasteiger partial charge >= 0.3 is 12.1 Å². The Morgan fingerprint density at radius 3 is 2.61 bits per heavy atom. The summed E-state index contributed by atoms with van der Waals surface area (Å²) in [6, 6.07) is 13.0. The molecule has 0 saturated carbocycles. The molecule has 15 heteroatoms. The molecule has 4 aromatic rings. The number of nitrogens with zero attached hydrogens (tertiary/aromatic N) is 8. The molecular weight excluding hydrogens is 708 g/mol. The molecule has 2 N–H and O–H groups in total. The third kappa shape index (κ3) is 8.07. The van der Waals surface area contributed by atoms with E-state index < -0.39 is 6.03 Å². The van der Waals surface area contributed by atoms with Crippen molar-refractivity contribution in [1.82, 2.24) is 29.7 Å². The molecule has 3 aliphatic heterocycles. The Kier molecular flexibility index (Phi) is 11.2. The summed E-state index contributed by atoms with van der Waals surface area (Å²) in [7, 11) is 0. The monoisotopic (exact) mass is 752 g/mol. The molecule has 0 spiro atoms. The Bertz CT molecular complexity index is 2040. The molecule has 0 aliphatic carbocycles. The lowest BCUT2D eigenvalue weighted by Crippen LogP contribution is -2.59. The lowest BCUT2D eigenvalue weighted by atomic mass is 10.0. The summed E-state index contributed by atoms with van der Waals surface area (Å²) in [6.07, 6.45) is 11.5. The van der Waals surface area contributed by atoms with Crippen LogP contribution in [0.15, 0.2) is 61.2 Å². The summed E-state index contributed by atoms with van der Waals surface area (Å²) >= 11 is 6.28. The molecule has 0 bridgehead atoms. The van der Waals surface area contributed by atoms with Crippen LogP contribution in [0.25, 0.3) is 10.9 Å². The quantitative estimate of drug-likeness (QED) is 0.185. The maximum absolute atomic E-state index is 13.2. The summed E-state index contributed by atoms with van der Waals surface area (Å²) in [5.41, 5.74) is 3.71. The number of hydrogen-bond donors (Lipinski definition) is 2. The number of ether oxygens (including phenoxy) is 1. The molecule has 3 aliphatic rings. The summed E-state index contributed by atoms with van der Waals surface area (Å²) in [5, 5.41) is 16.0. The second-order valence-corrected chi connectivity index (χ2v) is 14.7. The molecule has 2 atom stereocenters. The molecule has 1 aromatic carbocycles. The highest BCUT2D eigenvalue weighted by molar-refractivity contribution is 6.32. The van der Waals surface area contributed by atoms with Gasteiger partial charge in [0.1, 0.15) is 6.07 Å². The number of aromatic nitrogens is 3. The molecule has 0 unspecified atom stereocenters. The van der Waals surface area contributed by atoms with E-state index in [0.29, 0.717) is 54.4 Å². The average Bonchev–Trinajstić information content (AvgIpc) is 3.61. The number of benzene rings is 1. The normalized spacial score (nSPS) is 19.9. The van der Waals surface area contributed by atoms with Gasteiger partial charge in [0.2, 0.25) is 11.8 Å². The van der Waals surface area contributed by atoms with Gasteiger partial charge in [-0.3, -0.25) is 20.0 Å². The zero-order chi connectivity index (χ0) is 37.8. The van der Waals surface area contributed by atoms with Gasteiger partial charge in [0.05, 0.1) is 52.7 Å². The van der Waals surface area contributed by atoms with Crippen molar-refractivity contribution in [3.63, 3.8) is 0 Å². The zero-order valence-corrected chi connectivity index (χ0v) is 31.3. The van der Waals surface area contributed by atoms with E-state index in [1.54, 1.807) is 29.4 Å². The van der Waals surface area contributed by atoms with Gasteiger partial charge in [-0.2, -0.15) is 5.26 Å². The maximum Gasteiger partial charge on any atom is 0.328 e. The van der Waals surface area contributed by atoms with Crippen molar-refractivity contribution in [2.24, 2.45) is 0 Å². The number of piperidine rings is 1. The van der Waals surface area contributed by atoms with Crippen molar-refractivity contribution in [1.29, 1.82) is 5.26 Å². The molecule has 0 radical (unpaired) electrons. The molecule has 282 valence electrons. The minimum absolute atomic E-state index is 0.0459. The third-order valence-corrected chi connectivity index (χ3v) is 11.0. The first-order valence-corrected chi connectivity index (χ1v) is 19.0. The number of likely N-dealkylation sites (tertiary alicyclic amines) is 1. The largest absolute Gasteiger partial charge is 0.478 e. The van der Waals surface area contributed by atoms with Crippen LogP contribution in [0.1, 0.15) is 57.6 Å². The number of pyridine rings is 2. The number of urea groups is 2. The molecular formula is C39H45ClN10O4. The Morgan fingerprint density at radius 2 is 1.87 bits per heavy atom. The highest BCUT2D eigenvalue weighted by Gasteiger charge is 2.33. The SMILES string of the molecule is C[C@@H]1CN(c2ccc(C#N)c(Cl)c2)[C@@H](C)CN1C(=O)Nc1ccc(OCCCCN2CCC(n3ccc4c(N5CCC(=O)NC5=O)cncc43)CC2)nc1. The Hall–Kier alpha value is -5.39. The van der Waals surface area contributed by atoms with Gasteiger partial charge in [0, 0.05) is 80.6 Å². The van der Waals surface area contributed by atoms with Gasteiger partial charge in [0.25, 0.3) is 0 Å². The fourth-order valence-electron chi connectivity index (χ4n) is 7.70. The Morgan fingerprint density at radius 1 is 1.04 bits per heavy atom. The van der Waals surface area contributed by atoms with E-state index in [2.05, 4.69) is 54.2 Å². The average molecular weight is 753 g/mol. The molecule has 3 aromatic heterocycles. The molecule has 3 fully saturated rings. The zero-order valence-electron chi connectivity index (χ0n) is 30.6. The first kappa shape index (κ1) is 36.9. The van der Waals surface area contributed by atoms with Crippen LogP contribution in [0.2, 0.25) is 5.02 Å². The number of piperazine rings is 1. The van der Waals surface area contributed by atoms with Gasteiger partial charge in [-0.1, -0.05) is 11.6 Å². The molecule has 54 heavy (non-hydrogen) atoms. The van der Waals surface area contributed by atoms with Gasteiger partial charge in [0.15, 0.2) is 0 Å². The van der Waals surface area contributed by atoms with Crippen LogP contribution in [0.3, 0.4) is 0 Å². The fraction of sp³-hybridized carbons (Fsp3) is 0.436. The number of carbonyl (C=O) groups excluding carboxylic acids is 3. The number of rotatable bonds is 10. The number of carbonyl (C=O) groups is 3. The lowest BCUT2D eigenvalue weighted by molar-refractivity contribution is -0.120. The van der Waals surface area contributed by atoms with Crippen molar-refractivity contribution in [2.75, 3.05) is 61.0 Å². The molecule has 3 saturated heterocycles. The Balaban J connectivity index is 0.814. The predicted molar refractivity (Wildman–Crippen MR) is 207 cm³/mol. The first-order chi connectivity index (χ1) is 26.2. The number of halogens is 1. The second-order valence-electron chi connectivity index (χ2n) is 14.3. The highest BCUT2D eigenvalue weighted by atomic mass is 35.5. The van der Waals surface area contributed by atoms with Crippen molar-refractivity contribution in [3.05, 3.63) is 71.8 Å². The fourth-order valence-corrected chi connectivity index (χ4v) is 7.92. The van der Waals surface area contributed by atoms with Gasteiger partial charge in [-0.25, -0.2) is 14.6 Å². The molecule has 5 amide bonds. The van der Waals surface area contributed by atoms with Crippen LogP contribution in [0.5, 0.6) is 5.88 Å². The van der Waals surface area contributed by atoms with E-state index in [1.807, 2.05) is 42.3 Å². The van der Waals surface area contributed by atoms with Crippen molar-refractivity contribution >= 4 is 57.5 Å². The van der Waals surface area contributed by atoms with Crippen LogP contribution >= 0.6 is 11.6 Å². The van der Waals surface area contributed by atoms with Gasteiger partial charge in [-0.15, -0.1) is 0 Å². The number of anilines is 3. The number of nitrogens with one attached hydrogen (secondary N) is 2. The van der Waals surface area contributed by atoms with E-state index in [4.69, 9.17) is 16.3 Å². The standard InChI is InChI=1S/C39H45ClN10O4/c1-26-25-50(27(2)24-49(26)31-7-5-28(20-41)33(40)19-31)38(52)44-29-6-8-37(43-21-29)54-18-4-3-13-46-14-9-30(10-15-46)47-16-11-32-34(47)22-42-23-35(32)48-17-12-36(51)45-39(48)53/h5-8,11,16,19,21-23,26-27,30H,3-4,9-10,12-15,17-18,24-25H2,1-2H3,(H,44,52)(H,45,51,53)/t26-,27+/m0/s1. The van der Waals surface area contributed by atoms with Crippen LogP contribution in [0.4, 0.5) is 26.7 Å². The van der Waals surface area contributed by atoms with Gasteiger partial charge in [-0.05, 0) is 76.4 Å². The topological polar surface area (TPSA) is 152 Å². The number of hydrogen-bond acceptors (Lipinski definition) is 9. The van der Waals surface area contributed by atoms with E-state index in [-0.39, 0.29) is 30.4 Å². The third-order valence-electron chi connectivity index (χ3n) is 10.7. The summed E-state index contributed by atoms with van der Waals surface area (Å²) in [5.74, 6) is 0.275. The van der Waals surface area contributed by atoms with E-state index in [9.17, 15) is 19.6 Å².